The van der Waals surface area contributed by atoms with Gasteiger partial charge in [0, 0.05) is 12.0 Å². The topological polar surface area (TPSA) is 81.0 Å². The molecule has 4 atom stereocenters. The van der Waals surface area contributed by atoms with E-state index in [-0.39, 0.29) is 12.0 Å². The quantitative estimate of drug-likeness (QED) is 0.621. The van der Waals surface area contributed by atoms with E-state index < -0.39 is 18.1 Å². The molecule has 2 aliphatic rings. The van der Waals surface area contributed by atoms with Crippen LogP contribution in [-0.4, -0.2) is 44.6 Å². The molecule has 1 aliphatic carbocycles. The average molecular weight is 229 g/mol. The molecule has 3 N–H and O–H groups in total. The van der Waals surface area contributed by atoms with Gasteiger partial charge in [-0.15, -0.1) is 0 Å². The van der Waals surface area contributed by atoms with Gasteiger partial charge in [0.25, 0.3) is 0 Å². The first-order valence-electron chi connectivity index (χ1n) is 5.99. The molecule has 0 spiro atoms. The van der Waals surface area contributed by atoms with Crippen LogP contribution in [0.2, 0.25) is 0 Å². The molecule has 5 heteroatoms. The number of aliphatic hydroxyl groups excluding tert-OH is 1. The van der Waals surface area contributed by atoms with Crippen molar-refractivity contribution in [3.8, 4) is 0 Å². The summed E-state index contributed by atoms with van der Waals surface area (Å²) in [6.07, 6.45) is 4.04. The zero-order valence-electron chi connectivity index (χ0n) is 9.25. The lowest BCUT2D eigenvalue weighted by atomic mass is 9.80. The standard InChI is InChI=1S/C11H19NO4/c13-10-6-5-9(11(14)15)12(16)8-4-2-1-3-7(8)10/h7-10,13,16H,1-6H2,(H,14,15). The van der Waals surface area contributed by atoms with E-state index in [9.17, 15) is 15.1 Å². The van der Waals surface area contributed by atoms with Crippen molar-refractivity contribution in [2.75, 3.05) is 0 Å². The summed E-state index contributed by atoms with van der Waals surface area (Å²) >= 11 is 0. The highest BCUT2D eigenvalue weighted by Crippen LogP contribution is 2.35. The van der Waals surface area contributed by atoms with Gasteiger partial charge < -0.3 is 15.4 Å². The Morgan fingerprint density at radius 2 is 1.81 bits per heavy atom. The van der Waals surface area contributed by atoms with E-state index in [0.717, 1.165) is 30.7 Å². The van der Waals surface area contributed by atoms with E-state index in [0.29, 0.717) is 12.8 Å². The van der Waals surface area contributed by atoms with Gasteiger partial charge in [0.2, 0.25) is 0 Å². The molecule has 1 aliphatic heterocycles. The second kappa shape index (κ2) is 4.69. The fourth-order valence-corrected chi connectivity index (χ4v) is 3.06. The normalized spacial score (nSPS) is 41.1. The van der Waals surface area contributed by atoms with Gasteiger partial charge in [-0.05, 0) is 25.7 Å². The monoisotopic (exact) mass is 229 g/mol. The van der Waals surface area contributed by atoms with Crippen LogP contribution in [0.1, 0.15) is 38.5 Å². The Bertz CT molecular complexity index is 271. The molecule has 0 aromatic rings. The Hall–Kier alpha value is -0.650. The van der Waals surface area contributed by atoms with Crippen LogP contribution in [0.5, 0.6) is 0 Å². The fraction of sp³-hybridized carbons (Fsp3) is 0.909. The van der Waals surface area contributed by atoms with Crippen molar-refractivity contribution < 1.29 is 20.2 Å². The molecule has 0 bridgehead atoms. The van der Waals surface area contributed by atoms with E-state index in [1.807, 2.05) is 0 Å². The summed E-state index contributed by atoms with van der Waals surface area (Å²) in [4.78, 5) is 11.0. The van der Waals surface area contributed by atoms with Crippen molar-refractivity contribution in [2.24, 2.45) is 5.92 Å². The van der Waals surface area contributed by atoms with Crippen LogP contribution in [-0.2, 0) is 4.79 Å². The first kappa shape index (κ1) is 11.8. The molecule has 2 fully saturated rings. The zero-order valence-corrected chi connectivity index (χ0v) is 9.25. The molecule has 16 heavy (non-hydrogen) atoms. The van der Waals surface area contributed by atoms with Crippen LogP contribution in [0, 0.1) is 5.92 Å². The highest BCUT2D eigenvalue weighted by molar-refractivity contribution is 5.73. The third kappa shape index (κ3) is 2.07. The number of rotatable bonds is 1. The highest BCUT2D eigenvalue weighted by atomic mass is 16.5. The predicted molar refractivity (Wildman–Crippen MR) is 56.0 cm³/mol. The van der Waals surface area contributed by atoms with Crippen molar-refractivity contribution in [1.82, 2.24) is 5.06 Å². The number of hydroxylamine groups is 2. The molecule has 4 unspecified atom stereocenters. The highest BCUT2D eigenvalue weighted by Gasteiger charge is 2.42. The Morgan fingerprint density at radius 3 is 2.50 bits per heavy atom. The van der Waals surface area contributed by atoms with E-state index in [1.165, 1.54) is 0 Å². The molecule has 1 saturated heterocycles. The van der Waals surface area contributed by atoms with Crippen LogP contribution < -0.4 is 0 Å². The van der Waals surface area contributed by atoms with E-state index in [2.05, 4.69) is 0 Å². The number of carboxylic acids is 1. The number of carbonyl (C=O) groups is 1. The molecular formula is C11H19NO4. The van der Waals surface area contributed by atoms with Gasteiger partial charge in [0.1, 0.15) is 6.04 Å². The van der Waals surface area contributed by atoms with Gasteiger partial charge in [-0.1, -0.05) is 12.8 Å². The minimum absolute atomic E-state index is 0.0306. The number of nitrogens with zero attached hydrogens (tertiary/aromatic N) is 1. The van der Waals surface area contributed by atoms with E-state index in [4.69, 9.17) is 5.11 Å². The molecule has 0 aromatic carbocycles. The lowest BCUT2D eigenvalue weighted by Crippen LogP contribution is -2.49. The number of aliphatic hydroxyl groups is 1. The van der Waals surface area contributed by atoms with Crippen LogP contribution in [0.3, 0.4) is 0 Å². The first-order chi connectivity index (χ1) is 7.61. The van der Waals surface area contributed by atoms with Crippen molar-refractivity contribution in [2.45, 2.75) is 56.7 Å². The maximum absolute atomic E-state index is 11.0. The number of carboxylic acid groups (broad SMARTS) is 1. The van der Waals surface area contributed by atoms with E-state index in [1.54, 1.807) is 0 Å². The zero-order chi connectivity index (χ0) is 11.7. The van der Waals surface area contributed by atoms with Gasteiger partial charge in [-0.25, -0.2) is 0 Å². The minimum atomic E-state index is -0.999. The summed E-state index contributed by atoms with van der Waals surface area (Å²) in [5, 5.41) is 30.0. The molecule has 92 valence electrons. The average Bonchev–Trinajstić information content (AvgIpc) is 2.39. The van der Waals surface area contributed by atoms with Crippen molar-refractivity contribution >= 4 is 5.97 Å². The Kier molecular flexibility index (Phi) is 3.47. The number of fused-ring (bicyclic) bond motifs is 1. The lowest BCUT2D eigenvalue weighted by Gasteiger charge is -2.37. The van der Waals surface area contributed by atoms with Gasteiger partial charge >= 0.3 is 5.97 Å². The van der Waals surface area contributed by atoms with Crippen LogP contribution in [0.15, 0.2) is 0 Å². The summed E-state index contributed by atoms with van der Waals surface area (Å²) in [7, 11) is 0. The molecule has 1 heterocycles. The number of aliphatic carboxylic acids is 1. The van der Waals surface area contributed by atoms with Crippen LogP contribution in [0.25, 0.3) is 0 Å². The van der Waals surface area contributed by atoms with Gasteiger partial charge in [-0.2, -0.15) is 5.06 Å². The maximum Gasteiger partial charge on any atom is 0.323 e. The predicted octanol–water partition coefficient (Wildman–Crippen LogP) is 0.844. The fourth-order valence-electron chi connectivity index (χ4n) is 3.06. The Labute approximate surface area is 94.6 Å². The van der Waals surface area contributed by atoms with Crippen LogP contribution >= 0.6 is 0 Å². The third-order valence-electron chi connectivity index (χ3n) is 3.96. The molecule has 0 aromatic heterocycles. The third-order valence-corrected chi connectivity index (χ3v) is 3.96. The summed E-state index contributed by atoms with van der Waals surface area (Å²) in [6, 6.07) is -1.05. The molecule has 0 amide bonds. The first-order valence-corrected chi connectivity index (χ1v) is 5.99. The SMILES string of the molecule is O=C(O)C1CCC(O)C2CCCCC2N1O. The minimum Gasteiger partial charge on any atom is -0.480 e. The Morgan fingerprint density at radius 1 is 1.12 bits per heavy atom. The van der Waals surface area contributed by atoms with Crippen LogP contribution in [0.4, 0.5) is 0 Å². The second-order valence-electron chi connectivity index (χ2n) is 4.89. The smallest absolute Gasteiger partial charge is 0.323 e. The summed E-state index contributed by atoms with van der Waals surface area (Å²) < 4.78 is 0. The Balaban J connectivity index is 2.18. The van der Waals surface area contributed by atoms with Crippen molar-refractivity contribution in [3.05, 3.63) is 0 Å². The van der Waals surface area contributed by atoms with Gasteiger partial charge in [0.15, 0.2) is 0 Å². The molecule has 2 rings (SSSR count). The van der Waals surface area contributed by atoms with E-state index >= 15 is 0 Å². The second-order valence-corrected chi connectivity index (χ2v) is 4.89. The van der Waals surface area contributed by atoms with Crippen molar-refractivity contribution in [3.63, 3.8) is 0 Å². The molecule has 1 saturated carbocycles. The summed E-state index contributed by atoms with van der Waals surface area (Å²) in [5.74, 6) is -0.968. The van der Waals surface area contributed by atoms with Gasteiger partial charge in [-0.3, -0.25) is 4.79 Å². The summed E-state index contributed by atoms with van der Waals surface area (Å²) in [6.45, 7) is 0. The number of hydrogen-bond donors (Lipinski definition) is 3. The largest absolute Gasteiger partial charge is 0.480 e. The molecule has 0 radical (unpaired) electrons. The number of hydrogen-bond acceptors (Lipinski definition) is 4. The summed E-state index contributed by atoms with van der Waals surface area (Å²) in [5.41, 5.74) is 0. The van der Waals surface area contributed by atoms with Crippen molar-refractivity contribution in [1.29, 1.82) is 0 Å². The molecule has 5 nitrogen and oxygen atoms in total. The molecular weight excluding hydrogens is 210 g/mol. The maximum atomic E-state index is 11.0. The van der Waals surface area contributed by atoms with Gasteiger partial charge in [0.05, 0.1) is 6.10 Å². The lowest BCUT2D eigenvalue weighted by molar-refractivity contribution is -0.194.